The first kappa shape index (κ1) is 12.0. The lowest BCUT2D eigenvalue weighted by molar-refractivity contribution is 0.246. The number of ether oxygens (including phenoxy) is 1. The summed E-state index contributed by atoms with van der Waals surface area (Å²) < 4.78 is 5.35. The summed E-state index contributed by atoms with van der Waals surface area (Å²) in [5.74, 6) is 0.870. The van der Waals surface area contributed by atoms with Gasteiger partial charge < -0.3 is 15.2 Å². The molecule has 0 heterocycles. The molecule has 84 valence electrons. The van der Waals surface area contributed by atoms with E-state index in [1.54, 1.807) is 0 Å². The van der Waals surface area contributed by atoms with Crippen molar-refractivity contribution in [3.05, 3.63) is 29.8 Å². The minimum absolute atomic E-state index is 0.0191. The second-order valence-electron chi connectivity index (χ2n) is 3.29. The average Bonchev–Trinajstić information content (AvgIpc) is 2.28. The third-order valence-electron chi connectivity index (χ3n) is 2.23. The molecule has 1 unspecified atom stereocenters. The second kappa shape index (κ2) is 6.43. The highest BCUT2D eigenvalue weighted by molar-refractivity contribution is 5.29. The lowest BCUT2D eigenvalue weighted by Crippen LogP contribution is -2.23. The van der Waals surface area contributed by atoms with Crippen molar-refractivity contribution in [2.45, 2.75) is 19.9 Å². The Kier molecular flexibility index (Phi) is 5.15. The summed E-state index contributed by atoms with van der Waals surface area (Å²) in [7, 11) is 0. The Morgan fingerprint density at radius 1 is 1.27 bits per heavy atom. The van der Waals surface area contributed by atoms with Crippen molar-refractivity contribution in [2.75, 3.05) is 19.8 Å². The molecular formula is C12H19NO2. The van der Waals surface area contributed by atoms with Crippen molar-refractivity contribution >= 4 is 0 Å². The van der Waals surface area contributed by atoms with E-state index < -0.39 is 0 Å². The van der Waals surface area contributed by atoms with Gasteiger partial charge in [0.15, 0.2) is 0 Å². The number of likely N-dealkylation sites (N-methyl/N-ethyl adjacent to an activating group) is 1. The van der Waals surface area contributed by atoms with Crippen LogP contribution in [0.2, 0.25) is 0 Å². The maximum atomic E-state index is 9.19. The summed E-state index contributed by atoms with van der Waals surface area (Å²) in [4.78, 5) is 0. The molecule has 1 rings (SSSR count). The van der Waals surface area contributed by atoms with Crippen LogP contribution in [0.3, 0.4) is 0 Å². The highest BCUT2D eigenvalue weighted by atomic mass is 16.5. The highest BCUT2D eigenvalue weighted by Gasteiger charge is 2.07. The minimum Gasteiger partial charge on any atom is -0.494 e. The molecular weight excluding hydrogens is 190 g/mol. The first-order valence-corrected chi connectivity index (χ1v) is 5.38. The molecule has 0 aliphatic heterocycles. The second-order valence-corrected chi connectivity index (χ2v) is 3.29. The number of hydrogen-bond donors (Lipinski definition) is 2. The molecule has 1 atom stereocenters. The molecule has 0 aromatic heterocycles. The highest BCUT2D eigenvalue weighted by Crippen LogP contribution is 2.17. The molecule has 0 saturated carbocycles. The van der Waals surface area contributed by atoms with Crippen LogP contribution >= 0.6 is 0 Å². The minimum atomic E-state index is 0.0191. The van der Waals surface area contributed by atoms with Gasteiger partial charge in [0.05, 0.1) is 19.3 Å². The molecule has 0 radical (unpaired) electrons. The molecule has 1 aromatic rings. The zero-order valence-corrected chi connectivity index (χ0v) is 9.36. The summed E-state index contributed by atoms with van der Waals surface area (Å²) >= 11 is 0. The third-order valence-corrected chi connectivity index (χ3v) is 2.23. The van der Waals surface area contributed by atoms with E-state index in [2.05, 4.69) is 5.32 Å². The molecule has 1 aromatic carbocycles. The molecule has 2 N–H and O–H groups in total. The van der Waals surface area contributed by atoms with Crippen LogP contribution in [-0.4, -0.2) is 24.9 Å². The normalized spacial score (nSPS) is 12.5. The summed E-state index contributed by atoms with van der Waals surface area (Å²) in [6, 6.07) is 7.84. The molecule has 15 heavy (non-hydrogen) atoms. The van der Waals surface area contributed by atoms with Gasteiger partial charge in [-0.25, -0.2) is 0 Å². The quantitative estimate of drug-likeness (QED) is 0.749. The molecule has 3 nitrogen and oxygen atoms in total. The van der Waals surface area contributed by atoms with E-state index in [-0.39, 0.29) is 12.6 Å². The van der Waals surface area contributed by atoms with Crippen LogP contribution < -0.4 is 10.1 Å². The van der Waals surface area contributed by atoms with E-state index in [1.807, 2.05) is 38.1 Å². The molecule has 0 aliphatic carbocycles. The van der Waals surface area contributed by atoms with Crippen LogP contribution in [0.15, 0.2) is 24.3 Å². The van der Waals surface area contributed by atoms with Gasteiger partial charge in [0.1, 0.15) is 5.75 Å². The number of rotatable bonds is 6. The number of hydrogen-bond acceptors (Lipinski definition) is 3. The van der Waals surface area contributed by atoms with Crippen LogP contribution in [0.1, 0.15) is 25.5 Å². The molecule has 0 spiro atoms. The summed E-state index contributed by atoms with van der Waals surface area (Å²) in [5, 5.41) is 12.4. The predicted molar refractivity (Wildman–Crippen MR) is 61.1 cm³/mol. The van der Waals surface area contributed by atoms with E-state index in [1.165, 1.54) is 0 Å². The van der Waals surface area contributed by atoms with Gasteiger partial charge in [-0.2, -0.15) is 0 Å². The van der Waals surface area contributed by atoms with Crippen LogP contribution in [0.5, 0.6) is 5.75 Å². The Morgan fingerprint density at radius 3 is 2.40 bits per heavy atom. The van der Waals surface area contributed by atoms with Gasteiger partial charge in [-0.3, -0.25) is 0 Å². The fraction of sp³-hybridized carbons (Fsp3) is 0.500. The van der Waals surface area contributed by atoms with Gasteiger partial charge >= 0.3 is 0 Å². The zero-order valence-electron chi connectivity index (χ0n) is 9.36. The number of nitrogens with one attached hydrogen (secondary N) is 1. The smallest absolute Gasteiger partial charge is 0.119 e. The van der Waals surface area contributed by atoms with Crippen LogP contribution in [0.25, 0.3) is 0 Å². The molecule has 0 bridgehead atoms. The molecule has 0 aliphatic rings. The predicted octanol–water partition coefficient (Wildman–Crippen LogP) is 1.73. The van der Waals surface area contributed by atoms with E-state index in [0.717, 1.165) is 17.9 Å². The molecule has 0 saturated heterocycles. The zero-order chi connectivity index (χ0) is 11.1. The van der Waals surface area contributed by atoms with E-state index >= 15 is 0 Å². The van der Waals surface area contributed by atoms with Crippen LogP contribution in [-0.2, 0) is 0 Å². The fourth-order valence-electron chi connectivity index (χ4n) is 1.50. The number of benzene rings is 1. The summed E-state index contributed by atoms with van der Waals surface area (Å²) in [6.07, 6.45) is 0. The van der Waals surface area contributed by atoms with Gasteiger partial charge in [0.25, 0.3) is 0 Å². The van der Waals surface area contributed by atoms with Gasteiger partial charge in [-0.1, -0.05) is 19.1 Å². The van der Waals surface area contributed by atoms with Crippen molar-refractivity contribution < 1.29 is 9.84 Å². The molecule has 0 fully saturated rings. The lowest BCUT2D eigenvalue weighted by Gasteiger charge is -2.15. The third kappa shape index (κ3) is 3.53. The average molecular weight is 209 g/mol. The summed E-state index contributed by atoms with van der Waals surface area (Å²) in [6.45, 7) is 5.62. The van der Waals surface area contributed by atoms with Crippen molar-refractivity contribution in [3.8, 4) is 5.75 Å². The molecule has 3 heteroatoms. The Bertz CT molecular complexity index is 271. The van der Waals surface area contributed by atoms with Gasteiger partial charge in [0.2, 0.25) is 0 Å². The van der Waals surface area contributed by atoms with Crippen LogP contribution in [0, 0.1) is 0 Å². The van der Waals surface area contributed by atoms with Gasteiger partial charge in [-0.15, -0.1) is 0 Å². The molecule has 0 amide bonds. The lowest BCUT2D eigenvalue weighted by atomic mass is 10.1. The van der Waals surface area contributed by atoms with Crippen molar-refractivity contribution in [2.24, 2.45) is 0 Å². The first-order valence-electron chi connectivity index (χ1n) is 5.38. The van der Waals surface area contributed by atoms with Crippen LogP contribution in [0.4, 0.5) is 0 Å². The largest absolute Gasteiger partial charge is 0.494 e. The maximum absolute atomic E-state index is 9.19. The van der Waals surface area contributed by atoms with E-state index in [9.17, 15) is 5.11 Å². The standard InChI is InChI=1S/C12H19NO2/c1-3-13-12(9-14)10-5-7-11(8-6-10)15-4-2/h5-8,12-14H,3-4,9H2,1-2H3. The van der Waals surface area contributed by atoms with Crippen molar-refractivity contribution in [3.63, 3.8) is 0 Å². The Balaban J connectivity index is 2.68. The monoisotopic (exact) mass is 209 g/mol. The first-order chi connectivity index (χ1) is 7.31. The van der Waals surface area contributed by atoms with Crippen molar-refractivity contribution in [1.29, 1.82) is 0 Å². The summed E-state index contributed by atoms with van der Waals surface area (Å²) in [5.41, 5.74) is 1.09. The van der Waals surface area contributed by atoms with Gasteiger partial charge in [0, 0.05) is 0 Å². The maximum Gasteiger partial charge on any atom is 0.119 e. The van der Waals surface area contributed by atoms with Gasteiger partial charge in [-0.05, 0) is 31.2 Å². The number of aliphatic hydroxyl groups excluding tert-OH is 1. The topological polar surface area (TPSA) is 41.5 Å². The Labute approximate surface area is 91.1 Å². The van der Waals surface area contributed by atoms with E-state index in [0.29, 0.717) is 6.61 Å². The Morgan fingerprint density at radius 2 is 1.93 bits per heavy atom. The van der Waals surface area contributed by atoms with Crippen molar-refractivity contribution in [1.82, 2.24) is 5.32 Å². The Hall–Kier alpha value is -1.06. The van der Waals surface area contributed by atoms with E-state index in [4.69, 9.17) is 4.74 Å². The number of aliphatic hydroxyl groups is 1. The fourth-order valence-corrected chi connectivity index (χ4v) is 1.50. The SMILES string of the molecule is CCNC(CO)c1ccc(OCC)cc1.